The zero-order valence-electron chi connectivity index (χ0n) is 13.7. The van der Waals surface area contributed by atoms with Crippen molar-refractivity contribution in [3.05, 3.63) is 95.3 Å². The van der Waals surface area contributed by atoms with Crippen LogP contribution in [0.4, 0.5) is 14.5 Å². The molecule has 1 atom stereocenters. The van der Waals surface area contributed by atoms with Gasteiger partial charge in [0.1, 0.15) is 6.17 Å². The maximum Gasteiger partial charge on any atom is 0.258 e. The van der Waals surface area contributed by atoms with E-state index in [1.807, 2.05) is 30.3 Å². The lowest BCUT2D eigenvalue weighted by Crippen LogP contribution is -2.32. The molecule has 1 N–H and O–H groups in total. The van der Waals surface area contributed by atoms with E-state index in [4.69, 9.17) is 0 Å². The third-order valence-corrected chi connectivity index (χ3v) is 4.32. The average molecular weight is 351 g/mol. The van der Waals surface area contributed by atoms with E-state index in [-0.39, 0.29) is 5.91 Å². The predicted octanol–water partition coefficient (Wildman–Crippen LogP) is 4.13. The van der Waals surface area contributed by atoms with Gasteiger partial charge < -0.3 is 10.2 Å². The zero-order valence-corrected chi connectivity index (χ0v) is 13.7. The van der Waals surface area contributed by atoms with E-state index in [0.29, 0.717) is 23.5 Å². The lowest BCUT2D eigenvalue weighted by molar-refractivity contribution is 0.0727. The smallest absolute Gasteiger partial charge is 0.258 e. The number of hydrogen-bond acceptors (Lipinski definition) is 3. The quantitative estimate of drug-likeness (QED) is 0.769. The first-order valence-electron chi connectivity index (χ1n) is 8.15. The van der Waals surface area contributed by atoms with Crippen LogP contribution in [-0.2, 0) is 6.54 Å². The third kappa shape index (κ3) is 2.90. The van der Waals surface area contributed by atoms with E-state index in [9.17, 15) is 13.6 Å². The van der Waals surface area contributed by atoms with Crippen LogP contribution in [0.25, 0.3) is 0 Å². The summed E-state index contributed by atoms with van der Waals surface area (Å²) in [6.45, 7) is 0.372. The minimum absolute atomic E-state index is 0.156. The minimum Gasteiger partial charge on any atom is -0.360 e. The number of nitrogens with one attached hydrogen (secondary N) is 1. The Balaban J connectivity index is 1.69. The number of benzene rings is 2. The monoisotopic (exact) mass is 351 g/mol. The van der Waals surface area contributed by atoms with Crippen molar-refractivity contribution in [2.45, 2.75) is 12.7 Å². The predicted molar refractivity (Wildman–Crippen MR) is 93.3 cm³/mol. The molecular formula is C20H15F2N3O. The van der Waals surface area contributed by atoms with Crippen LogP contribution in [0.5, 0.6) is 0 Å². The summed E-state index contributed by atoms with van der Waals surface area (Å²) in [7, 11) is 0. The summed E-state index contributed by atoms with van der Waals surface area (Å²) in [5, 5.41) is 3.10. The number of pyridine rings is 1. The minimum atomic E-state index is -0.949. The van der Waals surface area contributed by atoms with Gasteiger partial charge in [-0.15, -0.1) is 0 Å². The summed E-state index contributed by atoms with van der Waals surface area (Å²) in [6, 6.07) is 16.5. The summed E-state index contributed by atoms with van der Waals surface area (Å²) in [6.07, 6.45) is 1.04. The summed E-state index contributed by atoms with van der Waals surface area (Å²) in [4.78, 5) is 18.8. The highest BCUT2D eigenvalue weighted by atomic mass is 19.2. The van der Waals surface area contributed by atoms with Crippen LogP contribution < -0.4 is 5.32 Å². The van der Waals surface area contributed by atoms with Gasteiger partial charge in [0.05, 0.1) is 11.3 Å². The number of amides is 1. The number of nitrogens with zero attached hydrogens (tertiary/aromatic N) is 2. The Morgan fingerprint density at radius 3 is 2.58 bits per heavy atom. The average Bonchev–Trinajstić information content (AvgIpc) is 2.92. The molecule has 2 heterocycles. The van der Waals surface area contributed by atoms with Gasteiger partial charge in [0.25, 0.3) is 5.91 Å². The molecule has 1 aromatic heterocycles. The van der Waals surface area contributed by atoms with Crippen LogP contribution in [-0.4, -0.2) is 15.8 Å². The van der Waals surface area contributed by atoms with Gasteiger partial charge in [-0.25, -0.2) is 8.78 Å². The Morgan fingerprint density at radius 1 is 1.00 bits per heavy atom. The number of carbonyl (C=O) groups excluding carboxylic acids is 1. The first-order chi connectivity index (χ1) is 12.6. The molecule has 0 bridgehead atoms. The number of anilines is 1. The topological polar surface area (TPSA) is 45.2 Å². The first kappa shape index (κ1) is 16.2. The van der Waals surface area contributed by atoms with Crippen LogP contribution in [0.15, 0.2) is 66.9 Å². The van der Waals surface area contributed by atoms with Crippen molar-refractivity contribution in [3.8, 4) is 0 Å². The number of rotatable bonds is 4. The lowest BCUT2D eigenvalue weighted by atomic mass is 10.2. The molecule has 0 saturated heterocycles. The molecular weight excluding hydrogens is 336 g/mol. The number of aromatic nitrogens is 1. The van der Waals surface area contributed by atoms with Crippen LogP contribution >= 0.6 is 0 Å². The Kier molecular flexibility index (Phi) is 4.08. The van der Waals surface area contributed by atoms with E-state index in [1.54, 1.807) is 23.2 Å². The van der Waals surface area contributed by atoms with E-state index < -0.39 is 17.8 Å². The van der Waals surface area contributed by atoms with Crippen molar-refractivity contribution in [2.75, 3.05) is 5.32 Å². The fourth-order valence-electron chi connectivity index (χ4n) is 3.07. The molecule has 0 fully saturated rings. The largest absolute Gasteiger partial charge is 0.360 e. The second kappa shape index (κ2) is 6.55. The van der Waals surface area contributed by atoms with Gasteiger partial charge in [-0.3, -0.25) is 9.78 Å². The maximum atomic E-state index is 13.6. The number of hydrogen-bond donors (Lipinski definition) is 1. The SMILES string of the molecule is O=C1c2cccnc2C(Nc2ccc(F)c(F)c2)N1Cc1ccccc1. The van der Waals surface area contributed by atoms with Crippen molar-refractivity contribution in [1.29, 1.82) is 0 Å². The van der Waals surface area contributed by atoms with Crippen LogP contribution in [0.3, 0.4) is 0 Å². The van der Waals surface area contributed by atoms with Crippen LogP contribution in [0.2, 0.25) is 0 Å². The molecule has 130 valence electrons. The van der Waals surface area contributed by atoms with Crippen molar-refractivity contribution in [3.63, 3.8) is 0 Å². The second-order valence-corrected chi connectivity index (χ2v) is 6.03. The molecule has 0 saturated carbocycles. The molecule has 4 nitrogen and oxygen atoms in total. The lowest BCUT2D eigenvalue weighted by Gasteiger charge is -2.26. The van der Waals surface area contributed by atoms with Gasteiger partial charge in [-0.1, -0.05) is 30.3 Å². The molecule has 2 aromatic carbocycles. The molecule has 4 rings (SSSR count). The van der Waals surface area contributed by atoms with Gasteiger partial charge in [-0.2, -0.15) is 0 Å². The fraction of sp³-hybridized carbons (Fsp3) is 0.100. The molecule has 0 spiro atoms. The van der Waals surface area contributed by atoms with E-state index in [0.717, 1.165) is 17.7 Å². The highest BCUT2D eigenvalue weighted by Gasteiger charge is 2.37. The Bertz CT molecular complexity index is 962. The van der Waals surface area contributed by atoms with Crippen LogP contribution in [0.1, 0.15) is 27.8 Å². The fourth-order valence-corrected chi connectivity index (χ4v) is 3.07. The van der Waals surface area contributed by atoms with E-state index in [2.05, 4.69) is 10.3 Å². The number of carbonyl (C=O) groups is 1. The Labute approximate surface area is 149 Å². The molecule has 6 heteroatoms. The zero-order chi connectivity index (χ0) is 18.1. The molecule has 1 aliphatic rings. The van der Waals surface area contributed by atoms with E-state index >= 15 is 0 Å². The van der Waals surface area contributed by atoms with Gasteiger partial charge in [0.15, 0.2) is 11.6 Å². The summed E-state index contributed by atoms with van der Waals surface area (Å²) < 4.78 is 26.8. The summed E-state index contributed by atoms with van der Waals surface area (Å²) in [5.74, 6) is -2.02. The van der Waals surface area contributed by atoms with Crippen molar-refractivity contribution in [1.82, 2.24) is 9.88 Å². The van der Waals surface area contributed by atoms with Crippen molar-refractivity contribution < 1.29 is 13.6 Å². The van der Waals surface area contributed by atoms with Crippen LogP contribution in [0, 0.1) is 11.6 Å². The second-order valence-electron chi connectivity index (χ2n) is 6.03. The van der Waals surface area contributed by atoms with Gasteiger partial charge >= 0.3 is 0 Å². The maximum absolute atomic E-state index is 13.6. The normalized spacial score (nSPS) is 15.8. The highest BCUT2D eigenvalue weighted by molar-refractivity contribution is 5.98. The van der Waals surface area contributed by atoms with Gasteiger partial charge in [-0.05, 0) is 29.8 Å². The number of halogens is 2. The third-order valence-electron chi connectivity index (χ3n) is 4.32. The first-order valence-corrected chi connectivity index (χ1v) is 8.15. The standard InChI is InChI=1S/C20H15F2N3O/c21-16-9-8-14(11-17(16)22)24-19-18-15(7-4-10-23-18)20(26)25(19)12-13-5-2-1-3-6-13/h1-11,19,24H,12H2. The Hall–Kier alpha value is -3.28. The molecule has 0 aliphatic carbocycles. The molecule has 1 aliphatic heterocycles. The molecule has 1 amide bonds. The van der Waals surface area contributed by atoms with Crippen molar-refractivity contribution >= 4 is 11.6 Å². The Morgan fingerprint density at radius 2 is 1.81 bits per heavy atom. The molecule has 3 aromatic rings. The molecule has 1 unspecified atom stereocenters. The van der Waals surface area contributed by atoms with Gasteiger partial charge in [0, 0.05) is 24.5 Å². The molecule has 26 heavy (non-hydrogen) atoms. The van der Waals surface area contributed by atoms with Crippen molar-refractivity contribution in [2.24, 2.45) is 0 Å². The summed E-state index contributed by atoms with van der Waals surface area (Å²) in [5.41, 5.74) is 2.41. The highest BCUT2D eigenvalue weighted by Crippen LogP contribution is 2.34. The number of fused-ring (bicyclic) bond motifs is 1. The summed E-state index contributed by atoms with van der Waals surface area (Å²) >= 11 is 0. The molecule has 0 radical (unpaired) electrons. The van der Waals surface area contributed by atoms with E-state index in [1.165, 1.54) is 6.07 Å². The van der Waals surface area contributed by atoms with Gasteiger partial charge in [0.2, 0.25) is 0 Å².